The molecule has 4 nitrogen and oxygen atoms in total. The van der Waals surface area contributed by atoms with Crippen LogP contribution in [0.15, 0.2) is 4.99 Å². The van der Waals surface area contributed by atoms with Crippen LogP contribution in [0.1, 0.15) is 38.5 Å². The van der Waals surface area contributed by atoms with Gasteiger partial charge < -0.3 is 10.6 Å². The van der Waals surface area contributed by atoms with Crippen LogP contribution in [-0.4, -0.2) is 48.6 Å². The van der Waals surface area contributed by atoms with Crippen molar-refractivity contribution in [3.8, 4) is 0 Å². The van der Waals surface area contributed by atoms with E-state index >= 15 is 0 Å². The van der Waals surface area contributed by atoms with Gasteiger partial charge in [0.1, 0.15) is 0 Å². The van der Waals surface area contributed by atoms with E-state index in [-0.39, 0.29) is 0 Å². The number of rotatable bonds is 2. The number of guanidine groups is 1. The predicted molar refractivity (Wildman–Crippen MR) is 67.3 cm³/mol. The van der Waals surface area contributed by atoms with Gasteiger partial charge >= 0.3 is 0 Å². The first kappa shape index (κ1) is 11.7. The summed E-state index contributed by atoms with van der Waals surface area (Å²) in [5.74, 6) is 0.755. The van der Waals surface area contributed by atoms with E-state index < -0.39 is 0 Å². The third-order valence-corrected chi connectivity index (χ3v) is 3.56. The Morgan fingerprint density at radius 1 is 0.875 bits per heavy atom. The molecule has 2 saturated heterocycles. The van der Waals surface area contributed by atoms with Crippen LogP contribution >= 0.6 is 0 Å². The second kappa shape index (κ2) is 6.09. The maximum atomic E-state index is 6.01. The van der Waals surface area contributed by atoms with E-state index in [1.165, 1.54) is 51.6 Å². The number of likely N-dealkylation sites (tertiary alicyclic amines) is 2. The Kier molecular flexibility index (Phi) is 4.45. The minimum Gasteiger partial charge on any atom is -0.370 e. The van der Waals surface area contributed by atoms with Crippen LogP contribution in [0.25, 0.3) is 0 Å². The molecule has 92 valence electrons. The molecule has 0 radical (unpaired) electrons. The normalized spacial score (nSPS) is 24.8. The number of piperidine rings is 2. The van der Waals surface area contributed by atoms with Crippen LogP contribution in [0.3, 0.4) is 0 Å². The van der Waals surface area contributed by atoms with E-state index in [1.807, 2.05) is 0 Å². The first-order chi connectivity index (χ1) is 7.86. The molecule has 0 aromatic rings. The maximum Gasteiger partial charge on any atom is 0.192 e. The first-order valence-electron chi connectivity index (χ1n) is 6.63. The number of nitrogens with zero attached hydrogens (tertiary/aromatic N) is 3. The first-order valence-corrected chi connectivity index (χ1v) is 6.63. The van der Waals surface area contributed by atoms with Crippen LogP contribution in [0, 0.1) is 0 Å². The summed E-state index contributed by atoms with van der Waals surface area (Å²) in [5, 5.41) is 0. The molecule has 0 unspecified atom stereocenters. The van der Waals surface area contributed by atoms with Crippen molar-refractivity contribution < 1.29 is 0 Å². The average molecular weight is 224 g/mol. The topological polar surface area (TPSA) is 44.9 Å². The third-order valence-electron chi connectivity index (χ3n) is 3.56. The molecule has 2 N–H and O–H groups in total. The molecule has 16 heavy (non-hydrogen) atoms. The molecule has 0 saturated carbocycles. The molecule has 2 rings (SSSR count). The van der Waals surface area contributed by atoms with Crippen molar-refractivity contribution >= 4 is 5.96 Å². The van der Waals surface area contributed by atoms with E-state index in [0.29, 0.717) is 0 Å². The van der Waals surface area contributed by atoms with Gasteiger partial charge in [-0.2, -0.15) is 0 Å². The molecule has 0 amide bonds. The second-order valence-corrected chi connectivity index (χ2v) is 4.88. The molecule has 0 bridgehead atoms. The Bertz CT molecular complexity index is 227. The lowest BCUT2D eigenvalue weighted by Gasteiger charge is -2.29. The van der Waals surface area contributed by atoms with E-state index in [2.05, 4.69) is 14.8 Å². The van der Waals surface area contributed by atoms with Crippen LogP contribution in [0.5, 0.6) is 0 Å². The van der Waals surface area contributed by atoms with Crippen LogP contribution in [-0.2, 0) is 0 Å². The fourth-order valence-corrected chi connectivity index (χ4v) is 2.50. The molecule has 0 spiro atoms. The Balaban J connectivity index is 1.76. The second-order valence-electron chi connectivity index (χ2n) is 4.88. The fraction of sp³-hybridized carbons (Fsp3) is 0.917. The number of nitrogens with two attached hydrogens (primary N) is 1. The van der Waals surface area contributed by atoms with Gasteiger partial charge in [0.15, 0.2) is 5.96 Å². The van der Waals surface area contributed by atoms with Gasteiger partial charge in [0.05, 0.1) is 6.67 Å². The molecular formula is C12H24N4. The lowest BCUT2D eigenvalue weighted by Crippen LogP contribution is -2.42. The van der Waals surface area contributed by atoms with Crippen molar-refractivity contribution in [1.82, 2.24) is 9.80 Å². The Morgan fingerprint density at radius 3 is 2.06 bits per heavy atom. The number of hydrogen-bond acceptors (Lipinski definition) is 2. The summed E-state index contributed by atoms with van der Waals surface area (Å²) in [6.07, 6.45) is 7.88. The number of hydrogen-bond donors (Lipinski definition) is 1. The van der Waals surface area contributed by atoms with Crippen LogP contribution in [0.4, 0.5) is 0 Å². The average Bonchev–Trinajstić information content (AvgIpc) is 2.38. The summed E-state index contributed by atoms with van der Waals surface area (Å²) in [6.45, 7) is 5.36. The zero-order valence-corrected chi connectivity index (χ0v) is 10.2. The van der Waals surface area contributed by atoms with Gasteiger partial charge in [-0.3, -0.25) is 4.90 Å². The molecule has 0 aromatic heterocycles. The Hall–Kier alpha value is -0.770. The van der Waals surface area contributed by atoms with Crippen molar-refractivity contribution in [3.63, 3.8) is 0 Å². The van der Waals surface area contributed by atoms with Crippen molar-refractivity contribution in [1.29, 1.82) is 0 Å². The molecule has 2 aliphatic heterocycles. The molecule has 0 aromatic carbocycles. The van der Waals surface area contributed by atoms with Crippen molar-refractivity contribution in [2.45, 2.75) is 38.5 Å². The van der Waals surface area contributed by atoms with Gasteiger partial charge in [-0.15, -0.1) is 0 Å². The summed E-state index contributed by atoms with van der Waals surface area (Å²) >= 11 is 0. The molecule has 0 atom stereocenters. The molecule has 2 fully saturated rings. The zero-order chi connectivity index (χ0) is 11.2. The standard InChI is InChI=1S/C12H24N4/c13-12(16-9-5-2-6-10-16)14-11-15-7-3-1-4-8-15/h1-11H2,(H2,13,14). The summed E-state index contributed by atoms with van der Waals surface area (Å²) in [5.41, 5.74) is 6.01. The largest absolute Gasteiger partial charge is 0.370 e. The van der Waals surface area contributed by atoms with Crippen LogP contribution < -0.4 is 5.73 Å². The third kappa shape index (κ3) is 3.37. The SMILES string of the molecule is NC(=NCN1CCCCC1)N1CCCCC1. The highest BCUT2D eigenvalue weighted by molar-refractivity contribution is 5.78. The zero-order valence-electron chi connectivity index (χ0n) is 10.2. The monoisotopic (exact) mass is 224 g/mol. The molecule has 4 heteroatoms. The van der Waals surface area contributed by atoms with Crippen molar-refractivity contribution in [2.75, 3.05) is 32.8 Å². The Morgan fingerprint density at radius 2 is 1.44 bits per heavy atom. The van der Waals surface area contributed by atoms with Gasteiger partial charge in [-0.05, 0) is 45.2 Å². The lowest BCUT2D eigenvalue weighted by molar-refractivity contribution is 0.233. The summed E-state index contributed by atoms with van der Waals surface area (Å²) in [6, 6.07) is 0. The molecular weight excluding hydrogens is 200 g/mol. The fourth-order valence-electron chi connectivity index (χ4n) is 2.50. The number of aliphatic imine (C=N–C) groups is 1. The van der Waals surface area contributed by atoms with E-state index in [0.717, 1.165) is 25.7 Å². The minimum absolute atomic E-state index is 0.755. The van der Waals surface area contributed by atoms with Crippen molar-refractivity contribution in [2.24, 2.45) is 10.7 Å². The van der Waals surface area contributed by atoms with Crippen molar-refractivity contribution in [3.05, 3.63) is 0 Å². The van der Waals surface area contributed by atoms with Gasteiger partial charge in [0.2, 0.25) is 0 Å². The lowest BCUT2D eigenvalue weighted by atomic mass is 10.1. The Labute approximate surface area is 98.5 Å². The molecule has 0 aliphatic carbocycles. The molecule has 2 heterocycles. The minimum atomic E-state index is 0.755. The highest BCUT2D eigenvalue weighted by Crippen LogP contribution is 2.10. The van der Waals surface area contributed by atoms with Gasteiger partial charge in [0, 0.05) is 13.1 Å². The highest BCUT2D eigenvalue weighted by Gasteiger charge is 2.13. The highest BCUT2D eigenvalue weighted by atomic mass is 15.3. The van der Waals surface area contributed by atoms with Gasteiger partial charge in [-0.25, -0.2) is 4.99 Å². The summed E-state index contributed by atoms with van der Waals surface area (Å²) in [7, 11) is 0. The summed E-state index contributed by atoms with van der Waals surface area (Å²) < 4.78 is 0. The van der Waals surface area contributed by atoms with E-state index in [1.54, 1.807) is 0 Å². The van der Waals surface area contributed by atoms with E-state index in [4.69, 9.17) is 5.73 Å². The smallest absolute Gasteiger partial charge is 0.192 e. The summed E-state index contributed by atoms with van der Waals surface area (Å²) in [4.78, 5) is 9.15. The van der Waals surface area contributed by atoms with E-state index in [9.17, 15) is 0 Å². The quantitative estimate of drug-likeness (QED) is 0.567. The predicted octanol–water partition coefficient (Wildman–Crippen LogP) is 1.23. The molecule has 2 aliphatic rings. The van der Waals surface area contributed by atoms with Gasteiger partial charge in [0.25, 0.3) is 0 Å². The van der Waals surface area contributed by atoms with Crippen LogP contribution in [0.2, 0.25) is 0 Å². The maximum absolute atomic E-state index is 6.01. The van der Waals surface area contributed by atoms with Gasteiger partial charge in [-0.1, -0.05) is 6.42 Å².